The number of anilines is 1. The Morgan fingerprint density at radius 1 is 1.26 bits per heavy atom. The number of halogens is 3. The third kappa shape index (κ3) is 4.63. The van der Waals surface area contributed by atoms with E-state index in [9.17, 15) is 18.0 Å². The van der Waals surface area contributed by atoms with Crippen molar-refractivity contribution in [2.24, 2.45) is 0 Å². The average Bonchev–Trinajstić information content (AvgIpc) is 3.41. The molecular weight excluding hydrogens is 433 g/mol. The third-order valence-corrected chi connectivity index (χ3v) is 5.44. The van der Waals surface area contributed by atoms with Crippen molar-refractivity contribution in [3.63, 3.8) is 0 Å². The largest absolute Gasteiger partial charge is 0.471 e. The number of nitrogens with zero attached hydrogens (tertiary/aromatic N) is 5. The van der Waals surface area contributed by atoms with E-state index < -0.39 is 12.1 Å². The number of likely N-dealkylation sites (N-methyl/N-ethyl adjacent to an activating group) is 1. The second-order valence-corrected chi connectivity index (χ2v) is 7.53. The zero-order valence-electron chi connectivity index (χ0n) is 16.1. The number of aromatic nitrogens is 4. The van der Waals surface area contributed by atoms with Crippen molar-refractivity contribution in [2.75, 3.05) is 25.0 Å². The number of pyridine rings is 1. The molecule has 1 aromatic carbocycles. The summed E-state index contributed by atoms with van der Waals surface area (Å²) in [6.45, 7) is 0.854. The van der Waals surface area contributed by atoms with E-state index in [-0.39, 0.29) is 22.9 Å². The lowest BCUT2D eigenvalue weighted by atomic mass is 10.1. The summed E-state index contributed by atoms with van der Waals surface area (Å²) in [6, 6.07) is 7.88. The van der Waals surface area contributed by atoms with Crippen LogP contribution in [0.15, 0.2) is 47.2 Å². The Labute approximate surface area is 177 Å². The molecule has 4 aromatic rings. The van der Waals surface area contributed by atoms with Gasteiger partial charge in [-0.25, -0.2) is 4.98 Å². The molecule has 12 heteroatoms. The fourth-order valence-electron chi connectivity index (χ4n) is 2.72. The van der Waals surface area contributed by atoms with Crippen LogP contribution in [0, 0.1) is 0 Å². The number of rotatable bonds is 6. The maximum Gasteiger partial charge on any atom is 0.471 e. The number of alkyl halides is 3. The van der Waals surface area contributed by atoms with Crippen molar-refractivity contribution in [3.05, 3.63) is 54.2 Å². The van der Waals surface area contributed by atoms with E-state index in [0.717, 1.165) is 15.3 Å². The summed E-state index contributed by atoms with van der Waals surface area (Å²) >= 11 is 1.52. The van der Waals surface area contributed by atoms with Crippen LogP contribution in [-0.4, -0.2) is 46.2 Å². The Bertz CT molecular complexity index is 1190. The molecule has 0 saturated carbocycles. The standard InChI is InChI=1S/C19H15F3N6O2S/c1-28(18-25-13-10-23-6-5-14(13)31-18)8-7-24-16(29)12-4-2-3-11(9-12)15-26-17(30-27-15)19(20,21)22/h2-6,9-10H,7-8H2,1H3,(H,24,29). The highest BCUT2D eigenvalue weighted by molar-refractivity contribution is 7.22. The molecule has 3 aromatic heterocycles. The van der Waals surface area contributed by atoms with Crippen molar-refractivity contribution in [1.82, 2.24) is 25.4 Å². The van der Waals surface area contributed by atoms with E-state index in [0.29, 0.717) is 13.1 Å². The molecule has 3 heterocycles. The number of hydrogen-bond acceptors (Lipinski definition) is 8. The minimum absolute atomic E-state index is 0.243. The number of thiazole rings is 1. The summed E-state index contributed by atoms with van der Waals surface area (Å²) in [5.74, 6) is -2.05. The first-order chi connectivity index (χ1) is 14.8. The van der Waals surface area contributed by atoms with Gasteiger partial charge in [0.05, 0.1) is 10.9 Å². The van der Waals surface area contributed by atoms with Crippen LogP contribution in [-0.2, 0) is 6.18 Å². The van der Waals surface area contributed by atoms with Gasteiger partial charge in [-0.3, -0.25) is 9.78 Å². The van der Waals surface area contributed by atoms with Crippen molar-refractivity contribution in [3.8, 4) is 11.4 Å². The molecular formula is C19H15F3N6O2S. The number of carbonyl (C=O) groups excluding carboxylic acids is 1. The van der Waals surface area contributed by atoms with Gasteiger partial charge >= 0.3 is 12.1 Å². The lowest BCUT2D eigenvalue weighted by Gasteiger charge is -2.15. The molecule has 31 heavy (non-hydrogen) atoms. The zero-order chi connectivity index (χ0) is 22.0. The minimum atomic E-state index is -4.73. The smallest absolute Gasteiger partial charge is 0.350 e. The van der Waals surface area contributed by atoms with E-state index in [1.54, 1.807) is 18.5 Å². The van der Waals surface area contributed by atoms with Crippen LogP contribution < -0.4 is 10.2 Å². The van der Waals surface area contributed by atoms with Crippen molar-refractivity contribution >= 4 is 32.6 Å². The van der Waals surface area contributed by atoms with Crippen molar-refractivity contribution < 1.29 is 22.5 Å². The van der Waals surface area contributed by atoms with Crippen LogP contribution in [0.1, 0.15) is 16.2 Å². The SMILES string of the molecule is CN(CCNC(=O)c1cccc(-c2noc(C(F)(F)F)n2)c1)c1nc2cnccc2s1. The van der Waals surface area contributed by atoms with Gasteiger partial charge in [-0.05, 0) is 18.2 Å². The molecule has 1 N–H and O–H groups in total. The molecule has 0 aliphatic heterocycles. The number of fused-ring (bicyclic) bond motifs is 1. The molecule has 4 rings (SSSR count). The second kappa shape index (κ2) is 8.30. The van der Waals surface area contributed by atoms with Crippen LogP contribution in [0.3, 0.4) is 0 Å². The predicted molar refractivity (Wildman–Crippen MR) is 108 cm³/mol. The van der Waals surface area contributed by atoms with Crippen LogP contribution in [0.25, 0.3) is 21.6 Å². The minimum Gasteiger partial charge on any atom is -0.350 e. The predicted octanol–water partition coefficient (Wildman–Crippen LogP) is 3.63. The second-order valence-electron chi connectivity index (χ2n) is 6.52. The van der Waals surface area contributed by atoms with Crippen LogP contribution in [0.5, 0.6) is 0 Å². The lowest BCUT2D eigenvalue weighted by molar-refractivity contribution is -0.159. The van der Waals surface area contributed by atoms with Crippen molar-refractivity contribution in [1.29, 1.82) is 0 Å². The fourth-order valence-corrected chi connectivity index (χ4v) is 3.64. The Kier molecular flexibility index (Phi) is 5.55. The molecule has 0 unspecified atom stereocenters. The molecule has 1 amide bonds. The van der Waals surface area contributed by atoms with E-state index >= 15 is 0 Å². The molecule has 0 spiro atoms. The highest BCUT2D eigenvalue weighted by atomic mass is 32.1. The number of amides is 1. The third-order valence-electron chi connectivity index (χ3n) is 4.29. The Morgan fingerprint density at radius 3 is 2.84 bits per heavy atom. The zero-order valence-corrected chi connectivity index (χ0v) is 16.9. The topological polar surface area (TPSA) is 97.0 Å². The normalized spacial score (nSPS) is 11.6. The van der Waals surface area contributed by atoms with E-state index in [1.165, 1.54) is 29.5 Å². The summed E-state index contributed by atoms with van der Waals surface area (Å²) in [5, 5.41) is 6.92. The van der Waals surface area contributed by atoms with Crippen LogP contribution in [0.4, 0.5) is 18.3 Å². The fraction of sp³-hybridized carbons (Fsp3) is 0.211. The highest BCUT2D eigenvalue weighted by Gasteiger charge is 2.38. The molecule has 0 aliphatic rings. The number of nitrogens with one attached hydrogen (secondary N) is 1. The van der Waals surface area contributed by atoms with E-state index in [1.807, 2.05) is 18.0 Å². The van der Waals surface area contributed by atoms with E-state index in [4.69, 9.17) is 0 Å². The molecule has 0 bridgehead atoms. The summed E-state index contributed by atoms with van der Waals surface area (Å²) in [4.78, 5) is 26.3. The van der Waals surface area contributed by atoms with Gasteiger partial charge in [0, 0.05) is 37.5 Å². The first-order valence-electron chi connectivity index (χ1n) is 9.02. The van der Waals surface area contributed by atoms with Gasteiger partial charge in [-0.2, -0.15) is 18.2 Å². The first-order valence-corrected chi connectivity index (χ1v) is 9.84. The van der Waals surface area contributed by atoms with Gasteiger partial charge in [0.1, 0.15) is 5.52 Å². The summed E-state index contributed by atoms with van der Waals surface area (Å²) in [6.07, 6.45) is -1.33. The van der Waals surface area contributed by atoms with E-state index in [2.05, 4.69) is 29.9 Å². The van der Waals surface area contributed by atoms with Gasteiger partial charge in [-0.15, -0.1) is 0 Å². The van der Waals surface area contributed by atoms with Gasteiger partial charge in [0.2, 0.25) is 5.82 Å². The average molecular weight is 448 g/mol. The lowest BCUT2D eigenvalue weighted by Crippen LogP contribution is -2.32. The summed E-state index contributed by atoms with van der Waals surface area (Å²) < 4.78 is 43.2. The first kappa shape index (κ1) is 20.7. The Balaban J connectivity index is 1.37. The van der Waals surface area contributed by atoms with Gasteiger partial charge in [0.25, 0.3) is 5.91 Å². The summed E-state index contributed by atoms with van der Waals surface area (Å²) in [5.41, 5.74) is 1.32. The maximum atomic E-state index is 12.6. The molecule has 8 nitrogen and oxygen atoms in total. The van der Waals surface area contributed by atoms with Gasteiger partial charge < -0.3 is 14.7 Å². The number of carbonyl (C=O) groups is 1. The number of hydrogen-bond donors (Lipinski definition) is 1. The number of benzene rings is 1. The molecule has 0 aliphatic carbocycles. The van der Waals surface area contributed by atoms with Crippen LogP contribution in [0.2, 0.25) is 0 Å². The molecule has 0 radical (unpaired) electrons. The van der Waals surface area contributed by atoms with Crippen LogP contribution >= 0.6 is 11.3 Å². The highest BCUT2D eigenvalue weighted by Crippen LogP contribution is 2.29. The maximum absolute atomic E-state index is 12.6. The molecule has 160 valence electrons. The Hall–Kier alpha value is -3.54. The molecule has 0 atom stereocenters. The van der Waals surface area contributed by atoms with Gasteiger partial charge in [0.15, 0.2) is 5.13 Å². The van der Waals surface area contributed by atoms with Gasteiger partial charge in [-0.1, -0.05) is 28.6 Å². The molecule has 0 fully saturated rings. The molecule has 0 saturated heterocycles. The summed E-state index contributed by atoms with van der Waals surface area (Å²) in [7, 11) is 1.87. The van der Waals surface area contributed by atoms with Crippen molar-refractivity contribution in [2.45, 2.75) is 6.18 Å². The Morgan fingerprint density at radius 2 is 2.10 bits per heavy atom. The quantitative estimate of drug-likeness (QED) is 0.481. The monoisotopic (exact) mass is 448 g/mol.